The average Bonchev–Trinajstić information content (AvgIpc) is 2.64. The van der Waals surface area contributed by atoms with E-state index in [1.165, 1.54) is 0 Å². The zero-order chi connectivity index (χ0) is 12.6. The third-order valence-corrected chi connectivity index (χ3v) is 4.79. The van der Waals surface area contributed by atoms with Gasteiger partial charge >= 0.3 is 0 Å². The molecule has 1 aliphatic heterocycles. The van der Waals surface area contributed by atoms with Gasteiger partial charge in [-0.3, -0.25) is 14.9 Å². The van der Waals surface area contributed by atoms with E-state index in [2.05, 4.69) is 10.2 Å². The van der Waals surface area contributed by atoms with Gasteiger partial charge in [0.05, 0.1) is 13.1 Å². The predicted molar refractivity (Wildman–Crippen MR) is 56.2 cm³/mol. The molecular formula is C6H7N5O4S2. The molecule has 11 heteroatoms. The molecule has 0 radical (unpaired) electrons. The number of carbonyl (C=O) groups excluding carboxylic acids is 2. The standard InChI is InChI=1S/C6H7N5O4S2/c7-5-9-10-6(16-5)17(14,15)11-1-3(12)8-4(13)2-11/h1-2H2,(H2,7,9)(H,8,12,13). The van der Waals surface area contributed by atoms with E-state index in [1.807, 2.05) is 5.32 Å². The molecule has 2 rings (SSSR count). The van der Waals surface area contributed by atoms with Gasteiger partial charge in [-0.1, -0.05) is 11.3 Å². The number of anilines is 1. The summed E-state index contributed by atoms with van der Waals surface area (Å²) in [6.45, 7) is -0.846. The van der Waals surface area contributed by atoms with Gasteiger partial charge in [0.1, 0.15) is 0 Å². The van der Waals surface area contributed by atoms with Gasteiger partial charge < -0.3 is 5.73 Å². The van der Waals surface area contributed by atoms with E-state index in [4.69, 9.17) is 5.73 Å². The van der Waals surface area contributed by atoms with Crippen molar-refractivity contribution in [2.24, 2.45) is 0 Å². The number of nitrogens with zero attached hydrogens (tertiary/aromatic N) is 3. The summed E-state index contributed by atoms with van der Waals surface area (Å²) < 4.78 is 24.3. The third kappa shape index (κ3) is 2.25. The van der Waals surface area contributed by atoms with Crippen LogP contribution in [0.3, 0.4) is 0 Å². The lowest BCUT2D eigenvalue weighted by atomic mass is 10.4. The number of rotatable bonds is 2. The van der Waals surface area contributed by atoms with Crippen molar-refractivity contribution in [3.05, 3.63) is 0 Å². The van der Waals surface area contributed by atoms with Gasteiger partial charge in [-0.05, 0) is 0 Å². The molecule has 0 unspecified atom stereocenters. The molecule has 17 heavy (non-hydrogen) atoms. The second-order valence-corrected chi connectivity index (χ2v) is 6.27. The number of hydrogen-bond donors (Lipinski definition) is 2. The molecule has 0 spiro atoms. The fourth-order valence-corrected chi connectivity index (χ4v) is 3.49. The number of sulfonamides is 1. The van der Waals surface area contributed by atoms with Crippen LogP contribution in [0.15, 0.2) is 4.34 Å². The molecule has 0 saturated carbocycles. The normalized spacial score (nSPS) is 18.1. The van der Waals surface area contributed by atoms with Gasteiger partial charge in [0.25, 0.3) is 10.0 Å². The lowest BCUT2D eigenvalue weighted by Crippen LogP contribution is -2.53. The molecule has 2 amide bonds. The zero-order valence-electron chi connectivity index (χ0n) is 8.28. The van der Waals surface area contributed by atoms with Crippen molar-refractivity contribution in [1.29, 1.82) is 0 Å². The molecule has 1 aliphatic rings. The highest BCUT2D eigenvalue weighted by atomic mass is 32.2. The molecule has 0 bridgehead atoms. The largest absolute Gasteiger partial charge is 0.374 e. The number of aromatic nitrogens is 2. The van der Waals surface area contributed by atoms with Crippen LogP contribution in [-0.4, -0.2) is 47.8 Å². The van der Waals surface area contributed by atoms with E-state index in [1.54, 1.807) is 0 Å². The quantitative estimate of drug-likeness (QED) is 0.584. The van der Waals surface area contributed by atoms with E-state index in [-0.39, 0.29) is 9.47 Å². The summed E-state index contributed by atoms with van der Waals surface area (Å²) in [5.41, 5.74) is 5.28. The van der Waals surface area contributed by atoms with Crippen molar-refractivity contribution in [2.45, 2.75) is 4.34 Å². The molecule has 0 aliphatic carbocycles. The van der Waals surface area contributed by atoms with Crippen molar-refractivity contribution in [3.8, 4) is 0 Å². The van der Waals surface area contributed by atoms with Crippen molar-refractivity contribution in [1.82, 2.24) is 19.8 Å². The SMILES string of the molecule is Nc1nnc(S(=O)(=O)N2CC(=O)NC(=O)C2)s1. The van der Waals surface area contributed by atoms with Crippen molar-refractivity contribution >= 4 is 38.3 Å². The van der Waals surface area contributed by atoms with Crippen LogP contribution >= 0.6 is 11.3 Å². The Morgan fingerprint density at radius 1 is 1.24 bits per heavy atom. The van der Waals surface area contributed by atoms with E-state index in [9.17, 15) is 18.0 Å². The Morgan fingerprint density at radius 3 is 2.29 bits per heavy atom. The number of nitrogen functional groups attached to an aromatic ring is 1. The molecule has 2 heterocycles. The van der Waals surface area contributed by atoms with E-state index < -0.39 is 34.9 Å². The lowest BCUT2D eigenvalue weighted by Gasteiger charge is -2.23. The minimum Gasteiger partial charge on any atom is -0.374 e. The molecule has 0 atom stereocenters. The summed E-state index contributed by atoms with van der Waals surface area (Å²) in [6.07, 6.45) is 0. The monoisotopic (exact) mass is 277 g/mol. The van der Waals surface area contributed by atoms with Gasteiger partial charge in [-0.2, -0.15) is 4.31 Å². The molecule has 1 aromatic rings. The average molecular weight is 277 g/mol. The summed E-state index contributed by atoms with van der Waals surface area (Å²) in [4.78, 5) is 22.1. The first-order valence-corrected chi connectivity index (χ1v) is 6.57. The maximum absolute atomic E-state index is 11.9. The minimum absolute atomic E-state index is 0.00337. The summed E-state index contributed by atoms with van der Waals surface area (Å²) >= 11 is 0.674. The maximum atomic E-state index is 11.9. The number of imide groups is 1. The topological polar surface area (TPSA) is 135 Å². The zero-order valence-corrected chi connectivity index (χ0v) is 9.92. The second-order valence-electron chi connectivity index (χ2n) is 3.15. The first kappa shape index (κ1) is 11.9. The Morgan fingerprint density at radius 2 is 1.82 bits per heavy atom. The number of amides is 2. The number of carbonyl (C=O) groups is 2. The summed E-state index contributed by atoms with van der Waals surface area (Å²) in [7, 11) is -3.99. The first-order valence-electron chi connectivity index (χ1n) is 4.31. The van der Waals surface area contributed by atoms with Crippen LogP contribution in [0.4, 0.5) is 5.13 Å². The number of nitrogens with two attached hydrogens (primary N) is 1. The van der Waals surface area contributed by atoms with E-state index in [0.717, 1.165) is 4.31 Å². The smallest absolute Gasteiger partial charge is 0.273 e. The highest BCUT2D eigenvalue weighted by Crippen LogP contribution is 2.21. The van der Waals surface area contributed by atoms with E-state index >= 15 is 0 Å². The Bertz CT molecular complexity index is 563. The van der Waals surface area contributed by atoms with Gasteiger partial charge in [0.15, 0.2) is 0 Å². The van der Waals surface area contributed by atoms with Crippen LogP contribution in [0.25, 0.3) is 0 Å². The number of hydrogen-bond acceptors (Lipinski definition) is 8. The molecule has 1 saturated heterocycles. The minimum atomic E-state index is -3.99. The molecular weight excluding hydrogens is 270 g/mol. The van der Waals surface area contributed by atoms with Gasteiger partial charge in [-0.15, -0.1) is 10.2 Å². The molecule has 92 valence electrons. The fraction of sp³-hybridized carbons (Fsp3) is 0.333. The molecule has 0 aromatic carbocycles. The summed E-state index contributed by atoms with van der Waals surface area (Å²) in [6, 6.07) is 0. The highest BCUT2D eigenvalue weighted by molar-refractivity contribution is 7.91. The predicted octanol–water partition coefficient (Wildman–Crippen LogP) is -2.23. The summed E-state index contributed by atoms with van der Waals surface area (Å²) in [5, 5.41) is 8.75. The molecule has 3 N–H and O–H groups in total. The molecule has 1 aromatic heterocycles. The van der Waals surface area contributed by atoms with Crippen LogP contribution in [0.2, 0.25) is 0 Å². The second kappa shape index (κ2) is 4.01. The van der Waals surface area contributed by atoms with Crippen LogP contribution < -0.4 is 11.1 Å². The van der Waals surface area contributed by atoms with Crippen LogP contribution in [0.5, 0.6) is 0 Å². The van der Waals surface area contributed by atoms with Crippen molar-refractivity contribution in [3.63, 3.8) is 0 Å². The van der Waals surface area contributed by atoms with Gasteiger partial charge in [0.2, 0.25) is 21.3 Å². The Kier molecular flexibility index (Phi) is 2.81. The van der Waals surface area contributed by atoms with Crippen molar-refractivity contribution < 1.29 is 18.0 Å². The Labute approximate surface area is 99.7 Å². The first-order chi connectivity index (χ1) is 7.89. The van der Waals surface area contributed by atoms with E-state index in [0.29, 0.717) is 11.3 Å². The molecule has 9 nitrogen and oxygen atoms in total. The Balaban J connectivity index is 2.33. The lowest BCUT2D eigenvalue weighted by molar-refractivity contribution is -0.134. The van der Waals surface area contributed by atoms with Gasteiger partial charge in [-0.25, -0.2) is 8.42 Å². The van der Waals surface area contributed by atoms with Crippen LogP contribution in [-0.2, 0) is 19.6 Å². The summed E-state index contributed by atoms with van der Waals surface area (Å²) in [5.74, 6) is -1.36. The third-order valence-electron chi connectivity index (χ3n) is 1.90. The Hall–Kier alpha value is -1.59. The number of piperazine rings is 1. The highest BCUT2D eigenvalue weighted by Gasteiger charge is 2.35. The fourth-order valence-electron chi connectivity index (χ4n) is 1.22. The van der Waals surface area contributed by atoms with Crippen LogP contribution in [0, 0.1) is 0 Å². The number of nitrogens with one attached hydrogen (secondary N) is 1. The maximum Gasteiger partial charge on any atom is 0.273 e. The van der Waals surface area contributed by atoms with Gasteiger partial charge in [0, 0.05) is 0 Å². The van der Waals surface area contributed by atoms with Crippen molar-refractivity contribution in [2.75, 3.05) is 18.8 Å². The molecule has 1 fully saturated rings. The van der Waals surface area contributed by atoms with Crippen LogP contribution in [0.1, 0.15) is 0 Å².